The Bertz CT molecular complexity index is 331. The van der Waals surface area contributed by atoms with Crippen molar-refractivity contribution in [3.63, 3.8) is 0 Å². The summed E-state index contributed by atoms with van der Waals surface area (Å²) in [4.78, 5) is 4.37. The van der Waals surface area contributed by atoms with Gasteiger partial charge in [-0.2, -0.15) is 0 Å². The molecule has 6 heteroatoms. The molecule has 0 spiro atoms. The van der Waals surface area contributed by atoms with Crippen LogP contribution < -0.4 is 5.32 Å². The molecule has 0 amide bonds. The van der Waals surface area contributed by atoms with Crippen LogP contribution in [0.3, 0.4) is 0 Å². The Morgan fingerprint density at radius 2 is 1.90 bits per heavy atom. The molecule has 6 nitrogen and oxygen atoms in total. The van der Waals surface area contributed by atoms with Crippen molar-refractivity contribution in [3.05, 3.63) is 18.2 Å². The molecular weight excluding hydrogens is 258 g/mol. The smallest absolute Gasteiger partial charge is 0.0950 e. The standard InChI is InChI=1S/C14H27N3O3/c1-3-15-5-4-14-12-17(13-16-14)6-7-19-10-11-20-9-8-18-2/h12-13,15H,3-11H2,1-2H3. The molecule has 0 aliphatic heterocycles. The van der Waals surface area contributed by atoms with Crippen LogP contribution in [0.15, 0.2) is 12.5 Å². The van der Waals surface area contributed by atoms with Crippen LogP contribution in [0, 0.1) is 0 Å². The molecule has 1 N–H and O–H groups in total. The fourth-order valence-electron chi connectivity index (χ4n) is 1.69. The molecule has 1 aromatic rings. The lowest BCUT2D eigenvalue weighted by molar-refractivity contribution is 0.0230. The second kappa shape index (κ2) is 11.8. The maximum Gasteiger partial charge on any atom is 0.0950 e. The van der Waals surface area contributed by atoms with Gasteiger partial charge in [-0.1, -0.05) is 6.92 Å². The lowest BCUT2D eigenvalue weighted by atomic mass is 10.3. The van der Waals surface area contributed by atoms with E-state index in [9.17, 15) is 0 Å². The summed E-state index contributed by atoms with van der Waals surface area (Å²) in [5.41, 5.74) is 1.12. The summed E-state index contributed by atoms with van der Waals surface area (Å²) in [7, 11) is 1.66. The van der Waals surface area contributed by atoms with Crippen LogP contribution >= 0.6 is 0 Å². The number of hydrogen-bond donors (Lipinski definition) is 1. The van der Waals surface area contributed by atoms with Crippen LogP contribution in [-0.4, -0.2) is 62.8 Å². The van der Waals surface area contributed by atoms with Crippen molar-refractivity contribution < 1.29 is 14.2 Å². The summed E-state index contributed by atoms with van der Waals surface area (Å²) in [5.74, 6) is 0. The summed E-state index contributed by atoms with van der Waals surface area (Å²) in [6.07, 6.45) is 4.91. The minimum Gasteiger partial charge on any atom is -0.382 e. The highest BCUT2D eigenvalue weighted by atomic mass is 16.5. The van der Waals surface area contributed by atoms with E-state index in [1.54, 1.807) is 7.11 Å². The van der Waals surface area contributed by atoms with Crippen molar-refractivity contribution in [3.8, 4) is 0 Å². The molecule has 1 aromatic heterocycles. The van der Waals surface area contributed by atoms with Crippen molar-refractivity contribution in [2.75, 3.05) is 53.2 Å². The highest BCUT2D eigenvalue weighted by Gasteiger charge is 1.98. The van der Waals surface area contributed by atoms with Gasteiger partial charge >= 0.3 is 0 Å². The Morgan fingerprint density at radius 3 is 2.65 bits per heavy atom. The van der Waals surface area contributed by atoms with Gasteiger partial charge in [0.25, 0.3) is 0 Å². The van der Waals surface area contributed by atoms with Gasteiger partial charge in [0.1, 0.15) is 0 Å². The number of likely N-dealkylation sites (N-methyl/N-ethyl adjacent to an activating group) is 1. The van der Waals surface area contributed by atoms with Gasteiger partial charge < -0.3 is 24.1 Å². The summed E-state index contributed by atoms with van der Waals surface area (Å²) >= 11 is 0. The molecule has 1 rings (SSSR count). The normalized spacial score (nSPS) is 11.1. The first-order valence-corrected chi connectivity index (χ1v) is 7.22. The predicted octanol–water partition coefficient (Wildman–Crippen LogP) is 0.715. The fraction of sp³-hybridized carbons (Fsp3) is 0.786. The maximum atomic E-state index is 5.50. The Labute approximate surface area is 121 Å². The largest absolute Gasteiger partial charge is 0.382 e. The highest BCUT2D eigenvalue weighted by molar-refractivity contribution is 4.97. The Morgan fingerprint density at radius 1 is 1.15 bits per heavy atom. The zero-order valence-corrected chi connectivity index (χ0v) is 12.6. The molecule has 0 saturated carbocycles. The summed E-state index contributed by atoms with van der Waals surface area (Å²) in [5, 5.41) is 3.29. The zero-order valence-electron chi connectivity index (χ0n) is 12.6. The molecule has 0 bridgehead atoms. The van der Waals surface area contributed by atoms with Gasteiger partial charge in [-0.25, -0.2) is 4.98 Å². The number of nitrogens with one attached hydrogen (secondary N) is 1. The van der Waals surface area contributed by atoms with Crippen LogP contribution in [0.1, 0.15) is 12.6 Å². The van der Waals surface area contributed by atoms with Crippen molar-refractivity contribution in [1.82, 2.24) is 14.9 Å². The number of nitrogens with zero attached hydrogens (tertiary/aromatic N) is 2. The molecule has 0 radical (unpaired) electrons. The molecule has 0 saturated heterocycles. The molecule has 0 unspecified atom stereocenters. The molecule has 1 heterocycles. The number of methoxy groups -OCH3 is 1. The first-order chi connectivity index (χ1) is 9.86. The van der Waals surface area contributed by atoms with E-state index < -0.39 is 0 Å². The Kier molecular flexibility index (Phi) is 10.1. The van der Waals surface area contributed by atoms with Crippen molar-refractivity contribution in [1.29, 1.82) is 0 Å². The third-order valence-electron chi connectivity index (χ3n) is 2.79. The summed E-state index contributed by atoms with van der Waals surface area (Å²) in [6, 6.07) is 0. The molecule has 0 fully saturated rings. The number of ether oxygens (including phenoxy) is 3. The minimum atomic E-state index is 0.612. The second-order valence-electron chi connectivity index (χ2n) is 4.42. The van der Waals surface area contributed by atoms with Gasteiger partial charge in [0, 0.05) is 32.8 Å². The van der Waals surface area contributed by atoms with Gasteiger partial charge in [0.05, 0.1) is 45.1 Å². The van der Waals surface area contributed by atoms with E-state index in [4.69, 9.17) is 14.2 Å². The van der Waals surface area contributed by atoms with Gasteiger partial charge in [0.2, 0.25) is 0 Å². The second-order valence-corrected chi connectivity index (χ2v) is 4.42. The topological polar surface area (TPSA) is 57.5 Å². The fourth-order valence-corrected chi connectivity index (χ4v) is 1.69. The third-order valence-corrected chi connectivity index (χ3v) is 2.79. The quantitative estimate of drug-likeness (QED) is 0.541. The van der Waals surface area contributed by atoms with Gasteiger partial charge in [-0.15, -0.1) is 0 Å². The van der Waals surface area contributed by atoms with E-state index >= 15 is 0 Å². The van der Waals surface area contributed by atoms with E-state index in [-0.39, 0.29) is 0 Å². The van der Waals surface area contributed by atoms with E-state index in [0.29, 0.717) is 33.0 Å². The summed E-state index contributed by atoms with van der Waals surface area (Å²) < 4.78 is 17.8. The average Bonchev–Trinajstić information content (AvgIpc) is 2.90. The van der Waals surface area contributed by atoms with Gasteiger partial charge in [-0.3, -0.25) is 0 Å². The van der Waals surface area contributed by atoms with Crippen molar-refractivity contribution in [2.45, 2.75) is 19.9 Å². The van der Waals surface area contributed by atoms with Crippen LogP contribution in [0.25, 0.3) is 0 Å². The SMILES string of the molecule is CCNCCc1cn(CCOCCOCCOC)cn1. The Hall–Kier alpha value is -0.950. The number of rotatable bonds is 13. The molecular formula is C14H27N3O3. The zero-order chi connectivity index (χ0) is 14.5. The van der Waals surface area contributed by atoms with E-state index in [0.717, 1.165) is 31.7 Å². The molecule has 116 valence electrons. The minimum absolute atomic E-state index is 0.612. The van der Waals surface area contributed by atoms with E-state index in [1.165, 1.54) is 0 Å². The lowest BCUT2D eigenvalue weighted by Gasteiger charge is -2.06. The number of imidazole rings is 1. The molecule has 0 aromatic carbocycles. The first kappa shape index (κ1) is 17.1. The van der Waals surface area contributed by atoms with E-state index in [1.807, 2.05) is 6.33 Å². The maximum absolute atomic E-state index is 5.50. The monoisotopic (exact) mass is 285 g/mol. The molecule has 0 aliphatic rings. The highest BCUT2D eigenvalue weighted by Crippen LogP contribution is 1.97. The van der Waals surface area contributed by atoms with Crippen molar-refractivity contribution in [2.24, 2.45) is 0 Å². The molecule has 0 atom stereocenters. The number of hydrogen-bond acceptors (Lipinski definition) is 5. The van der Waals surface area contributed by atoms with Gasteiger partial charge in [-0.05, 0) is 6.54 Å². The first-order valence-electron chi connectivity index (χ1n) is 7.22. The van der Waals surface area contributed by atoms with Crippen LogP contribution in [0.4, 0.5) is 0 Å². The summed E-state index contributed by atoms with van der Waals surface area (Å²) in [6.45, 7) is 8.07. The van der Waals surface area contributed by atoms with Crippen molar-refractivity contribution >= 4 is 0 Å². The van der Waals surface area contributed by atoms with Crippen LogP contribution in [0.2, 0.25) is 0 Å². The van der Waals surface area contributed by atoms with E-state index in [2.05, 4.69) is 28.0 Å². The number of aromatic nitrogens is 2. The molecule has 20 heavy (non-hydrogen) atoms. The lowest BCUT2D eigenvalue weighted by Crippen LogP contribution is -2.16. The Balaban J connectivity index is 1.99. The van der Waals surface area contributed by atoms with Gasteiger partial charge in [0.15, 0.2) is 0 Å². The average molecular weight is 285 g/mol. The third kappa shape index (κ3) is 8.27. The van der Waals surface area contributed by atoms with Crippen LogP contribution in [-0.2, 0) is 27.2 Å². The molecule has 0 aliphatic carbocycles. The van der Waals surface area contributed by atoms with Crippen LogP contribution in [0.5, 0.6) is 0 Å². The predicted molar refractivity (Wildman–Crippen MR) is 78.0 cm³/mol.